The average Bonchev–Trinajstić information content (AvgIpc) is 2.70. The minimum atomic E-state index is -0.700. The number of amides is 2. The molecule has 0 aliphatic carbocycles. The van der Waals surface area contributed by atoms with E-state index in [4.69, 9.17) is 4.74 Å². The van der Waals surface area contributed by atoms with Gasteiger partial charge in [-0.25, -0.2) is 0 Å². The highest BCUT2D eigenvalue weighted by molar-refractivity contribution is 5.96. The minimum Gasteiger partial charge on any atom is -0.484 e. The number of hydrazine groups is 1. The molecule has 9 heteroatoms. The highest BCUT2D eigenvalue weighted by Crippen LogP contribution is 2.14. The zero-order valence-electron chi connectivity index (χ0n) is 14.4. The van der Waals surface area contributed by atoms with Crippen LogP contribution in [-0.4, -0.2) is 29.1 Å². The van der Waals surface area contributed by atoms with E-state index in [0.29, 0.717) is 17.7 Å². The van der Waals surface area contributed by atoms with Crippen molar-refractivity contribution in [1.82, 2.24) is 10.9 Å². The van der Waals surface area contributed by atoms with Gasteiger partial charge >= 0.3 is 0 Å². The van der Waals surface area contributed by atoms with Gasteiger partial charge in [0.25, 0.3) is 17.5 Å². The fourth-order valence-electron chi connectivity index (χ4n) is 2.09. The summed E-state index contributed by atoms with van der Waals surface area (Å²) in [5.74, 6) is -0.928. The van der Waals surface area contributed by atoms with Crippen molar-refractivity contribution in [2.75, 3.05) is 6.61 Å². The molecule has 0 radical (unpaired) electrons. The fraction of sp³-hybridized carbons (Fsp3) is 0.167. The Hall–Kier alpha value is -3.75. The zero-order chi connectivity index (χ0) is 19.8. The highest BCUT2D eigenvalue weighted by Gasteiger charge is 2.12. The maximum Gasteiger partial charge on any atom is 0.276 e. The Kier molecular flexibility index (Phi) is 6.59. The maximum atomic E-state index is 11.9. The standard InChI is InChI=1S/C18H17N3O6/c1-2-16(22)12-6-8-15(9-7-12)27-11-17(23)19-20-18(24)13-4-3-5-14(10-13)21(25)26/h3-10H,2,11H2,1H3,(H,19,23)(H,20,24). The zero-order valence-corrected chi connectivity index (χ0v) is 14.4. The molecule has 2 aromatic rings. The van der Waals surface area contributed by atoms with Gasteiger partial charge in [0.15, 0.2) is 12.4 Å². The summed E-state index contributed by atoms with van der Waals surface area (Å²) < 4.78 is 5.26. The van der Waals surface area contributed by atoms with Gasteiger partial charge in [0.1, 0.15) is 5.75 Å². The summed E-state index contributed by atoms with van der Waals surface area (Å²) in [6.45, 7) is 1.40. The molecule has 0 saturated heterocycles. The van der Waals surface area contributed by atoms with Crippen LogP contribution in [0.2, 0.25) is 0 Å². The number of rotatable bonds is 7. The predicted molar refractivity (Wildman–Crippen MR) is 95.3 cm³/mol. The molecular weight excluding hydrogens is 354 g/mol. The summed E-state index contributed by atoms with van der Waals surface area (Å²) in [4.78, 5) is 45.3. The van der Waals surface area contributed by atoms with Crippen molar-refractivity contribution in [3.05, 3.63) is 69.8 Å². The Morgan fingerprint density at radius 3 is 2.37 bits per heavy atom. The molecule has 2 amide bonds. The summed E-state index contributed by atoms with van der Waals surface area (Å²) in [6.07, 6.45) is 0.396. The van der Waals surface area contributed by atoms with Crippen LogP contribution in [0.15, 0.2) is 48.5 Å². The van der Waals surface area contributed by atoms with E-state index in [1.54, 1.807) is 31.2 Å². The number of ether oxygens (including phenoxy) is 1. The third-order valence-corrected chi connectivity index (χ3v) is 3.50. The van der Waals surface area contributed by atoms with E-state index in [0.717, 1.165) is 6.07 Å². The normalized spacial score (nSPS) is 9.96. The second kappa shape index (κ2) is 9.09. The quantitative estimate of drug-likeness (QED) is 0.435. The molecule has 0 spiro atoms. The van der Waals surface area contributed by atoms with Crippen molar-refractivity contribution in [2.24, 2.45) is 0 Å². The monoisotopic (exact) mass is 371 g/mol. The van der Waals surface area contributed by atoms with E-state index < -0.39 is 16.7 Å². The van der Waals surface area contributed by atoms with Crippen LogP contribution >= 0.6 is 0 Å². The number of ketones is 1. The Labute approximate surface area is 154 Å². The summed E-state index contributed by atoms with van der Waals surface area (Å²) in [7, 11) is 0. The molecule has 140 valence electrons. The van der Waals surface area contributed by atoms with Gasteiger partial charge in [-0.2, -0.15) is 0 Å². The van der Waals surface area contributed by atoms with Crippen LogP contribution < -0.4 is 15.6 Å². The number of nitro benzene ring substituents is 1. The molecule has 0 aromatic heterocycles. The first-order chi connectivity index (χ1) is 12.9. The number of carbonyl (C=O) groups excluding carboxylic acids is 3. The fourth-order valence-corrected chi connectivity index (χ4v) is 2.09. The molecule has 0 unspecified atom stereocenters. The Morgan fingerprint density at radius 2 is 1.74 bits per heavy atom. The Balaban J connectivity index is 1.82. The van der Waals surface area contributed by atoms with E-state index >= 15 is 0 Å². The molecular formula is C18H17N3O6. The molecule has 0 bridgehead atoms. The second-order valence-corrected chi connectivity index (χ2v) is 5.40. The lowest BCUT2D eigenvalue weighted by atomic mass is 10.1. The maximum absolute atomic E-state index is 11.9. The number of Topliss-reactive ketones (excluding diaryl/α,β-unsaturated/α-hetero) is 1. The largest absolute Gasteiger partial charge is 0.484 e. The van der Waals surface area contributed by atoms with Crippen LogP contribution in [0.1, 0.15) is 34.1 Å². The average molecular weight is 371 g/mol. The molecule has 0 saturated carbocycles. The topological polar surface area (TPSA) is 128 Å². The van der Waals surface area contributed by atoms with Gasteiger partial charge in [0.2, 0.25) is 0 Å². The molecule has 2 aromatic carbocycles. The summed E-state index contributed by atoms with van der Waals surface area (Å²) in [5.41, 5.74) is 4.65. The van der Waals surface area contributed by atoms with Gasteiger partial charge in [0.05, 0.1) is 4.92 Å². The smallest absolute Gasteiger partial charge is 0.276 e. The molecule has 0 aliphatic heterocycles. The molecule has 2 N–H and O–H groups in total. The number of non-ortho nitro benzene ring substituents is 1. The number of nitro groups is 1. The van der Waals surface area contributed by atoms with Crippen molar-refractivity contribution in [3.63, 3.8) is 0 Å². The van der Waals surface area contributed by atoms with Crippen LogP contribution in [0.4, 0.5) is 5.69 Å². The first-order valence-electron chi connectivity index (χ1n) is 8.00. The van der Waals surface area contributed by atoms with E-state index in [-0.39, 0.29) is 23.6 Å². The lowest BCUT2D eigenvalue weighted by Crippen LogP contribution is -2.43. The minimum absolute atomic E-state index is 0.00292. The van der Waals surface area contributed by atoms with E-state index in [9.17, 15) is 24.5 Å². The third kappa shape index (κ3) is 5.63. The van der Waals surface area contributed by atoms with Crippen LogP contribution in [0.3, 0.4) is 0 Å². The van der Waals surface area contributed by atoms with Gasteiger partial charge < -0.3 is 4.74 Å². The number of nitrogens with zero attached hydrogens (tertiary/aromatic N) is 1. The number of hydrogen-bond acceptors (Lipinski definition) is 6. The van der Waals surface area contributed by atoms with Crippen LogP contribution in [-0.2, 0) is 4.79 Å². The van der Waals surface area contributed by atoms with Crippen LogP contribution in [0.25, 0.3) is 0 Å². The second-order valence-electron chi connectivity index (χ2n) is 5.40. The van der Waals surface area contributed by atoms with Crippen LogP contribution in [0, 0.1) is 10.1 Å². The van der Waals surface area contributed by atoms with Gasteiger partial charge in [-0.15, -0.1) is 0 Å². The molecule has 27 heavy (non-hydrogen) atoms. The van der Waals surface area contributed by atoms with Crippen molar-refractivity contribution >= 4 is 23.3 Å². The molecule has 0 heterocycles. The van der Waals surface area contributed by atoms with Crippen molar-refractivity contribution < 1.29 is 24.0 Å². The van der Waals surface area contributed by atoms with Gasteiger partial charge in [0, 0.05) is 29.7 Å². The SMILES string of the molecule is CCC(=O)c1ccc(OCC(=O)NNC(=O)c2cccc([N+](=O)[O-])c2)cc1. The Morgan fingerprint density at radius 1 is 1.04 bits per heavy atom. The van der Waals surface area contributed by atoms with Crippen molar-refractivity contribution in [3.8, 4) is 5.75 Å². The van der Waals surface area contributed by atoms with Crippen molar-refractivity contribution in [1.29, 1.82) is 0 Å². The number of benzene rings is 2. The highest BCUT2D eigenvalue weighted by atomic mass is 16.6. The van der Waals surface area contributed by atoms with Crippen LogP contribution in [0.5, 0.6) is 5.75 Å². The third-order valence-electron chi connectivity index (χ3n) is 3.50. The first kappa shape index (κ1) is 19.6. The molecule has 0 aliphatic rings. The summed E-state index contributed by atoms with van der Waals surface area (Å²) >= 11 is 0. The lowest BCUT2D eigenvalue weighted by molar-refractivity contribution is -0.384. The van der Waals surface area contributed by atoms with E-state index in [2.05, 4.69) is 10.9 Å². The van der Waals surface area contributed by atoms with Gasteiger partial charge in [-0.05, 0) is 30.3 Å². The predicted octanol–water partition coefficient (Wildman–Crippen LogP) is 2.03. The number of carbonyl (C=O) groups is 3. The lowest BCUT2D eigenvalue weighted by Gasteiger charge is -2.09. The first-order valence-corrected chi connectivity index (χ1v) is 8.00. The molecule has 2 rings (SSSR count). The van der Waals surface area contributed by atoms with Gasteiger partial charge in [-0.1, -0.05) is 13.0 Å². The molecule has 9 nitrogen and oxygen atoms in total. The Bertz CT molecular complexity index is 864. The number of nitrogens with one attached hydrogen (secondary N) is 2. The van der Waals surface area contributed by atoms with Gasteiger partial charge in [-0.3, -0.25) is 35.3 Å². The van der Waals surface area contributed by atoms with E-state index in [1.165, 1.54) is 18.2 Å². The van der Waals surface area contributed by atoms with Crippen molar-refractivity contribution in [2.45, 2.75) is 13.3 Å². The molecule has 0 fully saturated rings. The summed E-state index contributed by atoms with van der Waals surface area (Å²) in [5, 5.41) is 10.7. The van der Waals surface area contributed by atoms with E-state index in [1.807, 2.05) is 0 Å². The molecule has 0 atom stereocenters. The number of hydrogen-bond donors (Lipinski definition) is 2. The summed E-state index contributed by atoms with van der Waals surface area (Å²) in [6, 6.07) is 11.4.